The molecule has 0 aliphatic carbocycles. The number of aliphatic hydroxyl groups is 1. The second-order valence-electron chi connectivity index (χ2n) is 4.63. The van der Waals surface area contributed by atoms with Crippen molar-refractivity contribution in [2.24, 2.45) is 5.11 Å². The third-order valence-electron chi connectivity index (χ3n) is 3.41. The maximum absolute atomic E-state index is 11.7. The van der Waals surface area contributed by atoms with Gasteiger partial charge in [-0.05, 0) is 18.4 Å². The van der Waals surface area contributed by atoms with Crippen LogP contribution in [0.1, 0.15) is 19.3 Å². The van der Waals surface area contributed by atoms with E-state index in [1.54, 1.807) is 4.90 Å². The SMILES string of the molecule is [N-]=[N+]=NCC(=O)N1CC[C@@]2(C[C@H](O)CCO2)C1. The van der Waals surface area contributed by atoms with Crippen LogP contribution in [0.15, 0.2) is 5.11 Å². The van der Waals surface area contributed by atoms with Gasteiger partial charge >= 0.3 is 0 Å². The number of ether oxygens (including phenoxy) is 1. The smallest absolute Gasteiger partial charge is 0.228 e. The summed E-state index contributed by atoms with van der Waals surface area (Å²) in [5.74, 6) is -0.177. The fourth-order valence-electron chi connectivity index (χ4n) is 2.54. The van der Waals surface area contributed by atoms with E-state index < -0.39 is 0 Å². The zero-order valence-corrected chi connectivity index (χ0v) is 9.58. The van der Waals surface area contributed by atoms with Gasteiger partial charge in [-0.1, -0.05) is 5.11 Å². The van der Waals surface area contributed by atoms with Crippen LogP contribution in [0.3, 0.4) is 0 Å². The molecular weight excluding hydrogens is 224 g/mol. The van der Waals surface area contributed by atoms with Gasteiger partial charge in [0.1, 0.15) is 6.54 Å². The highest BCUT2D eigenvalue weighted by Crippen LogP contribution is 2.34. The van der Waals surface area contributed by atoms with E-state index in [1.807, 2.05) is 0 Å². The average Bonchev–Trinajstić information content (AvgIpc) is 2.69. The number of likely N-dealkylation sites (tertiary alicyclic amines) is 1. The highest BCUT2D eigenvalue weighted by Gasteiger charge is 2.44. The van der Waals surface area contributed by atoms with Crippen LogP contribution >= 0.6 is 0 Å². The van der Waals surface area contributed by atoms with E-state index in [2.05, 4.69) is 10.0 Å². The van der Waals surface area contributed by atoms with Gasteiger partial charge in [0.15, 0.2) is 0 Å². The maximum atomic E-state index is 11.7. The summed E-state index contributed by atoms with van der Waals surface area (Å²) >= 11 is 0. The van der Waals surface area contributed by atoms with Crippen LogP contribution in [0.2, 0.25) is 0 Å². The summed E-state index contributed by atoms with van der Waals surface area (Å²) in [4.78, 5) is 15.9. The molecule has 2 fully saturated rings. The van der Waals surface area contributed by atoms with Crippen molar-refractivity contribution in [2.45, 2.75) is 31.0 Å². The molecule has 2 atom stereocenters. The molecule has 7 nitrogen and oxygen atoms in total. The van der Waals surface area contributed by atoms with Gasteiger partial charge in [-0.15, -0.1) is 0 Å². The third kappa shape index (κ3) is 2.69. The molecule has 2 saturated heterocycles. The first-order valence-electron chi connectivity index (χ1n) is 5.76. The van der Waals surface area contributed by atoms with Crippen LogP contribution in [-0.4, -0.2) is 53.9 Å². The lowest BCUT2D eigenvalue weighted by atomic mass is 9.91. The Balaban J connectivity index is 1.94. The summed E-state index contributed by atoms with van der Waals surface area (Å²) in [5.41, 5.74) is 7.78. The fraction of sp³-hybridized carbons (Fsp3) is 0.900. The highest BCUT2D eigenvalue weighted by molar-refractivity contribution is 5.78. The average molecular weight is 240 g/mol. The Bertz CT molecular complexity index is 355. The fourth-order valence-corrected chi connectivity index (χ4v) is 2.54. The minimum atomic E-state index is -0.385. The molecule has 1 spiro atoms. The van der Waals surface area contributed by atoms with Crippen molar-refractivity contribution in [1.82, 2.24) is 4.90 Å². The highest BCUT2D eigenvalue weighted by atomic mass is 16.5. The van der Waals surface area contributed by atoms with Gasteiger partial charge in [-0.3, -0.25) is 4.79 Å². The number of carbonyl (C=O) groups is 1. The molecule has 0 aromatic carbocycles. The molecule has 2 heterocycles. The Labute approximate surface area is 99.0 Å². The summed E-state index contributed by atoms with van der Waals surface area (Å²) in [6, 6.07) is 0. The number of nitrogens with zero attached hydrogens (tertiary/aromatic N) is 4. The molecule has 0 aromatic rings. The minimum absolute atomic E-state index is 0.144. The molecule has 1 amide bonds. The van der Waals surface area contributed by atoms with Gasteiger partial charge < -0.3 is 14.7 Å². The third-order valence-corrected chi connectivity index (χ3v) is 3.41. The second kappa shape index (κ2) is 4.91. The van der Waals surface area contributed by atoms with Crippen molar-refractivity contribution in [1.29, 1.82) is 0 Å². The Morgan fingerprint density at radius 2 is 2.53 bits per heavy atom. The Morgan fingerprint density at radius 1 is 1.71 bits per heavy atom. The van der Waals surface area contributed by atoms with Crippen molar-refractivity contribution >= 4 is 5.91 Å². The van der Waals surface area contributed by atoms with E-state index in [-0.39, 0.29) is 24.2 Å². The Kier molecular flexibility index (Phi) is 3.51. The molecule has 7 heteroatoms. The van der Waals surface area contributed by atoms with E-state index in [0.29, 0.717) is 32.5 Å². The molecule has 17 heavy (non-hydrogen) atoms. The van der Waals surface area contributed by atoms with Crippen molar-refractivity contribution in [2.75, 3.05) is 26.2 Å². The molecule has 0 unspecified atom stereocenters. The summed E-state index contributed by atoms with van der Waals surface area (Å²) < 4.78 is 5.72. The summed E-state index contributed by atoms with van der Waals surface area (Å²) in [6.45, 7) is 1.49. The maximum Gasteiger partial charge on any atom is 0.228 e. The van der Waals surface area contributed by atoms with Crippen LogP contribution in [-0.2, 0) is 9.53 Å². The number of carbonyl (C=O) groups excluding carboxylic acids is 1. The molecule has 0 radical (unpaired) electrons. The van der Waals surface area contributed by atoms with Gasteiger partial charge in [0.25, 0.3) is 0 Å². The van der Waals surface area contributed by atoms with E-state index in [4.69, 9.17) is 10.3 Å². The lowest BCUT2D eigenvalue weighted by molar-refractivity contribution is -0.134. The van der Waals surface area contributed by atoms with Crippen molar-refractivity contribution in [3.05, 3.63) is 10.4 Å². The van der Waals surface area contributed by atoms with Crippen molar-refractivity contribution in [3.8, 4) is 0 Å². The van der Waals surface area contributed by atoms with Crippen LogP contribution in [0, 0.1) is 0 Å². The van der Waals surface area contributed by atoms with Gasteiger partial charge in [-0.2, -0.15) is 0 Å². The van der Waals surface area contributed by atoms with Gasteiger partial charge in [-0.25, -0.2) is 0 Å². The molecule has 2 aliphatic rings. The summed E-state index contributed by atoms with van der Waals surface area (Å²) in [7, 11) is 0. The number of amides is 1. The molecule has 94 valence electrons. The van der Waals surface area contributed by atoms with Crippen LogP contribution < -0.4 is 0 Å². The normalized spacial score (nSPS) is 32.5. The first-order chi connectivity index (χ1) is 8.15. The topological polar surface area (TPSA) is 98.5 Å². The number of hydrogen-bond donors (Lipinski definition) is 1. The van der Waals surface area contributed by atoms with Crippen LogP contribution in [0.5, 0.6) is 0 Å². The zero-order valence-electron chi connectivity index (χ0n) is 9.58. The van der Waals surface area contributed by atoms with Gasteiger partial charge in [0.2, 0.25) is 5.91 Å². The molecule has 0 aromatic heterocycles. The van der Waals surface area contributed by atoms with Crippen molar-refractivity contribution in [3.63, 3.8) is 0 Å². The first-order valence-corrected chi connectivity index (χ1v) is 5.76. The predicted molar refractivity (Wildman–Crippen MR) is 59.1 cm³/mol. The predicted octanol–water partition coefficient (Wildman–Crippen LogP) is 0.439. The quantitative estimate of drug-likeness (QED) is 0.430. The second-order valence-corrected chi connectivity index (χ2v) is 4.63. The molecule has 0 bridgehead atoms. The van der Waals surface area contributed by atoms with E-state index in [0.717, 1.165) is 6.42 Å². The summed E-state index contributed by atoms with van der Waals surface area (Å²) in [5, 5.41) is 12.9. The van der Waals surface area contributed by atoms with Gasteiger partial charge in [0, 0.05) is 31.0 Å². The number of hydrogen-bond acceptors (Lipinski definition) is 4. The largest absolute Gasteiger partial charge is 0.393 e. The molecule has 1 N–H and O–H groups in total. The lowest BCUT2D eigenvalue weighted by Gasteiger charge is -2.36. The molecule has 2 rings (SSSR count). The standard InChI is InChI=1S/C10H16N4O3/c11-13-12-6-9(16)14-3-2-10(7-14)5-8(15)1-4-17-10/h8,15H,1-7H2/t8-,10-/m1/s1. The lowest BCUT2D eigenvalue weighted by Crippen LogP contribution is -2.45. The number of aliphatic hydroxyl groups excluding tert-OH is 1. The van der Waals surface area contributed by atoms with E-state index in [1.165, 1.54) is 0 Å². The monoisotopic (exact) mass is 240 g/mol. The van der Waals surface area contributed by atoms with Crippen LogP contribution in [0.4, 0.5) is 0 Å². The van der Waals surface area contributed by atoms with Gasteiger partial charge in [0.05, 0.1) is 11.7 Å². The number of azide groups is 1. The van der Waals surface area contributed by atoms with Crippen molar-refractivity contribution < 1.29 is 14.6 Å². The number of rotatable bonds is 2. The minimum Gasteiger partial charge on any atom is -0.393 e. The zero-order chi connectivity index (χ0) is 12.3. The molecule has 2 aliphatic heterocycles. The Hall–Kier alpha value is -1.30. The Morgan fingerprint density at radius 3 is 3.24 bits per heavy atom. The van der Waals surface area contributed by atoms with E-state index >= 15 is 0 Å². The van der Waals surface area contributed by atoms with Crippen LogP contribution in [0.25, 0.3) is 10.4 Å². The first kappa shape index (κ1) is 12.2. The molecule has 0 saturated carbocycles. The molecular formula is C10H16N4O3. The summed E-state index contributed by atoms with van der Waals surface area (Å²) in [6.07, 6.45) is 1.65. The van der Waals surface area contributed by atoms with E-state index in [9.17, 15) is 9.90 Å².